The summed E-state index contributed by atoms with van der Waals surface area (Å²) in [5, 5.41) is 0. The van der Waals surface area contributed by atoms with E-state index in [9.17, 15) is 9.59 Å². The van der Waals surface area contributed by atoms with Crippen molar-refractivity contribution < 1.29 is 28.5 Å². The van der Waals surface area contributed by atoms with Gasteiger partial charge >= 0.3 is 11.9 Å². The Morgan fingerprint density at radius 3 is 2.52 bits per heavy atom. The first-order chi connectivity index (χ1) is 12.2. The van der Waals surface area contributed by atoms with Crippen LogP contribution in [0.5, 0.6) is 11.5 Å². The smallest absolute Gasteiger partial charge is 0.347 e. The lowest BCUT2D eigenvalue weighted by molar-refractivity contribution is 0.0387. The number of ether oxygens (including phenoxy) is 4. The maximum absolute atomic E-state index is 12.4. The molecular formula is C19H20O6. The third-order valence-electron chi connectivity index (χ3n) is 3.21. The molecule has 0 bridgehead atoms. The zero-order valence-electron chi connectivity index (χ0n) is 14.2. The number of hydrogen-bond acceptors (Lipinski definition) is 6. The van der Waals surface area contributed by atoms with Crippen molar-refractivity contribution in [1.29, 1.82) is 0 Å². The Kier molecular flexibility index (Phi) is 6.98. The second-order valence-corrected chi connectivity index (χ2v) is 4.98. The number of hydrogen-bond donors (Lipinski definition) is 0. The fraction of sp³-hybridized carbons (Fsp3) is 0.263. The number of carbonyl (C=O) groups is 2. The summed E-state index contributed by atoms with van der Waals surface area (Å²) in [5.74, 6) is -0.374. The summed E-state index contributed by atoms with van der Waals surface area (Å²) in [6, 6.07) is 13.1. The number of rotatable bonds is 8. The van der Waals surface area contributed by atoms with E-state index in [-0.39, 0.29) is 12.4 Å². The molecular weight excluding hydrogens is 324 g/mol. The van der Waals surface area contributed by atoms with Gasteiger partial charge in [-0.3, -0.25) is 0 Å². The molecule has 0 radical (unpaired) electrons. The zero-order valence-corrected chi connectivity index (χ0v) is 14.2. The van der Waals surface area contributed by atoms with Gasteiger partial charge in [0, 0.05) is 7.11 Å². The van der Waals surface area contributed by atoms with Crippen LogP contribution >= 0.6 is 0 Å². The fourth-order valence-corrected chi connectivity index (χ4v) is 2.07. The molecule has 2 aromatic carbocycles. The Hall–Kier alpha value is -2.86. The molecule has 0 aliphatic heterocycles. The Balaban J connectivity index is 2.09. The van der Waals surface area contributed by atoms with Gasteiger partial charge < -0.3 is 18.9 Å². The molecule has 2 aromatic rings. The monoisotopic (exact) mass is 344 g/mol. The van der Waals surface area contributed by atoms with Gasteiger partial charge in [0.15, 0.2) is 0 Å². The summed E-state index contributed by atoms with van der Waals surface area (Å²) in [7, 11) is 1.52. The molecule has 0 amide bonds. The van der Waals surface area contributed by atoms with Crippen LogP contribution in [0.4, 0.5) is 0 Å². The van der Waals surface area contributed by atoms with Crippen LogP contribution in [0.15, 0.2) is 48.5 Å². The lowest BCUT2D eigenvalue weighted by Gasteiger charge is -2.10. The molecule has 2 rings (SSSR count). The van der Waals surface area contributed by atoms with Crippen LogP contribution in [0.25, 0.3) is 0 Å². The fourth-order valence-electron chi connectivity index (χ4n) is 2.07. The van der Waals surface area contributed by atoms with Crippen molar-refractivity contribution in [3.8, 4) is 11.5 Å². The Labute approximate surface area is 146 Å². The van der Waals surface area contributed by atoms with Gasteiger partial charge in [0.2, 0.25) is 0 Å². The van der Waals surface area contributed by atoms with E-state index in [4.69, 9.17) is 18.9 Å². The Morgan fingerprint density at radius 2 is 1.76 bits per heavy atom. The van der Waals surface area contributed by atoms with E-state index in [1.54, 1.807) is 42.5 Å². The second kappa shape index (κ2) is 9.44. The van der Waals surface area contributed by atoms with Crippen LogP contribution in [-0.4, -0.2) is 38.9 Å². The topological polar surface area (TPSA) is 71.1 Å². The first-order valence-corrected chi connectivity index (χ1v) is 7.85. The predicted molar refractivity (Wildman–Crippen MR) is 91.2 cm³/mol. The summed E-state index contributed by atoms with van der Waals surface area (Å²) < 4.78 is 20.6. The normalized spacial score (nSPS) is 10.2. The van der Waals surface area contributed by atoms with E-state index in [0.717, 1.165) is 0 Å². The SMILES string of the molecule is CCOc1ccccc1C(=O)Oc1cccc(C(=O)OCCOC)c1. The van der Waals surface area contributed by atoms with E-state index in [1.165, 1.54) is 13.2 Å². The first kappa shape index (κ1) is 18.5. The molecule has 0 aliphatic carbocycles. The number of benzene rings is 2. The quantitative estimate of drug-likeness (QED) is 0.416. The standard InChI is InChI=1S/C19H20O6/c1-3-23-17-10-5-4-9-16(17)19(21)25-15-8-6-7-14(13-15)18(20)24-12-11-22-2/h4-10,13H,3,11-12H2,1-2H3. The van der Waals surface area contributed by atoms with Crippen molar-refractivity contribution in [2.45, 2.75) is 6.92 Å². The lowest BCUT2D eigenvalue weighted by atomic mass is 10.2. The molecule has 0 N–H and O–H groups in total. The number of esters is 2. The maximum atomic E-state index is 12.4. The zero-order chi connectivity index (χ0) is 18.1. The van der Waals surface area contributed by atoms with Gasteiger partial charge in [0.25, 0.3) is 0 Å². The van der Waals surface area contributed by atoms with Crippen molar-refractivity contribution in [3.63, 3.8) is 0 Å². The average molecular weight is 344 g/mol. The van der Waals surface area contributed by atoms with Crippen LogP contribution in [0.1, 0.15) is 27.6 Å². The maximum Gasteiger partial charge on any atom is 0.347 e. The van der Waals surface area contributed by atoms with Crippen LogP contribution in [0, 0.1) is 0 Å². The average Bonchev–Trinajstić information content (AvgIpc) is 2.63. The molecule has 0 unspecified atom stereocenters. The minimum atomic E-state index is -0.561. The third kappa shape index (κ3) is 5.32. The summed E-state index contributed by atoms with van der Waals surface area (Å²) in [6.07, 6.45) is 0. The lowest BCUT2D eigenvalue weighted by Crippen LogP contribution is -2.12. The predicted octanol–water partition coefficient (Wildman–Crippen LogP) is 3.11. The molecule has 0 saturated heterocycles. The van der Waals surface area contributed by atoms with Gasteiger partial charge in [-0.05, 0) is 37.3 Å². The van der Waals surface area contributed by atoms with Gasteiger partial charge in [0.1, 0.15) is 23.7 Å². The highest BCUT2D eigenvalue weighted by Gasteiger charge is 2.15. The van der Waals surface area contributed by atoms with Gasteiger partial charge in [-0.25, -0.2) is 9.59 Å². The van der Waals surface area contributed by atoms with Crippen molar-refractivity contribution in [2.24, 2.45) is 0 Å². The Bertz CT molecular complexity index is 725. The summed E-state index contributed by atoms with van der Waals surface area (Å²) in [4.78, 5) is 24.3. The van der Waals surface area contributed by atoms with Gasteiger partial charge in [0.05, 0.1) is 18.8 Å². The van der Waals surface area contributed by atoms with Crippen LogP contribution in [0.2, 0.25) is 0 Å². The van der Waals surface area contributed by atoms with E-state index in [1.807, 2.05) is 6.92 Å². The highest BCUT2D eigenvalue weighted by molar-refractivity contribution is 5.94. The third-order valence-corrected chi connectivity index (χ3v) is 3.21. The highest BCUT2D eigenvalue weighted by atomic mass is 16.6. The molecule has 6 heteroatoms. The molecule has 0 aromatic heterocycles. The van der Waals surface area contributed by atoms with E-state index >= 15 is 0 Å². The molecule has 25 heavy (non-hydrogen) atoms. The van der Waals surface area contributed by atoms with E-state index in [0.29, 0.717) is 30.1 Å². The molecule has 6 nitrogen and oxygen atoms in total. The van der Waals surface area contributed by atoms with E-state index in [2.05, 4.69) is 0 Å². The molecule has 0 spiro atoms. The van der Waals surface area contributed by atoms with Crippen molar-refractivity contribution >= 4 is 11.9 Å². The van der Waals surface area contributed by atoms with E-state index < -0.39 is 11.9 Å². The summed E-state index contributed by atoms with van der Waals surface area (Å²) >= 11 is 0. The minimum absolute atomic E-state index is 0.154. The Morgan fingerprint density at radius 1 is 0.960 bits per heavy atom. The molecule has 0 atom stereocenters. The first-order valence-electron chi connectivity index (χ1n) is 7.85. The summed E-state index contributed by atoms with van der Waals surface area (Å²) in [5.41, 5.74) is 0.608. The minimum Gasteiger partial charge on any atom is -0.493 e. The van der Waals surface area contributed by atoms with Gasteiger partial charge in [-0.2, -0.15) is 0 Å². The molecule has 0 saturated carbocycles. The number of para-hydroxylation sites is 1. The number of carbonyl (C=O) groups excluding carboxylic acids is 2. The number of methoxy groups -OCH3 is 1. The molecule has 0 heterocycles. The van der Waals surface area contributed by atoms with Crippen molar-refractivity contribution in [1.82, 2.24) is 0 Å². The second-order valence-electron chi connectivity index (χ2n) is 4.98. The van der Waals surface area contributed by atoms with Gasteiger partial charge in [-0.15, -0.1) is 0 Å². The van der Waals surface area contributed by atoms with Crippen molar-refractivity contribution in [2.75, 3.05) is 26.9 Å². The molecule has 0 aliphatic rings. The van der Waals surface area contributed by atoms with Crippen LogP contribution in [-0.2, 0) is 9.47 Å². The van der Waals surface area contributed by atoms with Crippen LogP contribution in [0.3, 0.4) is 0 Å². The van der Waals surface area contributed by atoms with Crippen LogP contribution < -0.4 is 9.47 Å². The van der Waals surface area contributed by atoms with Gasteiger partial charge in [-0.1, -0.05) is 18.2 Å². The van der Waals surface area contributed by atoms with Crippen molar-refractivity contribution in [3.05, 3.63) is 59.7 Å². The highest BCUT2D eigenvalue weighted by Crippen LogP contribution is 2.21. The summed E-state index contributed by atoms with van der Waals surface area (Å²) in [6.45, 7) is 2.74. The largest absolute Gasteiger partial charge is 0.493 e. The molecule has 0 fully saturated rings. The molecule has 132 valence electrons.